The van der Waals surface area contributed by atoms with Crippen molar-refractivity contribution in [3.8, 4) is 0 Å². The second kappa shape index (κ2) is 6.54. The molecule has 0 radical (unpaired) electrons. The predicted octanol–water partition coefficient (Wildman–Crippen LogP) is 0.342. The van der Waals surface area contributed by atoms with Gasteiger partial charge in [-0.2, -0.15) is 8.42 Å². The van der Waals surface area contributed by atoms with E-state index in [4.69, 9.17) is 4.55 Å². The van der Waals surface area contributed by atoms with Gasteiger partial charge < -0.3 is 4.90 Å². The topological polar surface area (TPSA) is 79.2 Å². The Morgan fingerprint density at radius 1 is 1.73 bits per heavy atom. The molecule has 0 atom stereocenters. The molecule has 1 heterocycles. The maximum Gasteiger partial charge on any atom is 0.397 e. The molecule has 0 amide bonds. The van der Waals surface area contributed by atoms with E-state index in [1.54, 1.807) is 0 Å². The number of hydrogen-bond donors (Lipinski definition) is 1. The number of aliphatic imine (C=N–C) groups is 1. The first-order valence-electron chi connectivity index (χ1n) is 4.29. The number of rotatable bonds is 3. The second-order valence-corrected chi connectivity index (χ2v) is 4.00. The van der Waals surface area contributed by atoms with Crippen LogP contribution in [0.25, 0.3) is 0 Å². The van der Waals surface area contributed by atoms with Crippen molar-refractivity contribution in [3.05, 3.63) is 12.7 Å². The van der Waals surface area contributed by atoms with E-state index in [1.807, 2.05) is 6.08 Å². The van der Waals surface area contributed by atoms with Gasteiger partial charge in [0.25, 0.3) is 0 Å². The highest BCUT2D eigenvalue weighted by Crippen LogP contribution is 2.01. The van der Waals surface area contributed by atoms with E-state index in [2.05, 4.69) is 27.7 Å². The summed E-state index contributed by atoms with van der Waals surface area (Å²) in [5.41, 5.74) is 0. The van der Waals surface area contributed by atoms with E-state index >= 15 is 0 Å². The molecule has 0 aromatic carbocycles. The number of hydrogen-bond acceptors (Lipinski definition) is 5. The lowest BCUT2D eigenvalue weighted by Gasteiger charge is -2.10. The molecule has 0 bridgehead atoms. The van der Waals surface area contributed by atoms with Crippen LogP contribution in [0.3, 0.4) is 0 Å². The van der Waals surface area contributed by atoms with Crippen molar-refractivity contribution < 1.29 is 17.2 Å². The second-order valence-electron chi connectivity index (χ2n) is 2.81. The molecular weight excluding hydrogens is 220 g/mol. The van der Waals surface area contributed by atoms with Crippen LogP contribution in [-0.2, 0) is 14.6 Å². The summed E-state index contributed by atoms with van der Waals surface area (Å²) in [5, 5.41) is 0. The molecule has 1 rings (SSSR count). The van der Waals surface area contributed by atoms with Gasteiger partial charge in [0, 0.05) is 20.0 Å². The van der Waals surface area contributed by atoms with Crippen molar-refractivity contribution in [3.63, 3.8) is 0 Å². The van der Waals surface area contributed by atoms with E-state index < -0.39 is 10.4 Å². The smallest absolute Gasteiger partial charge is 0.361 e. The van der Waals surface area contributed by atoms with E-state index in [1.165, 1.54) is 5.84 Å². The normalized spacial score (nSPS) is 15.4. The minimum atomic E-state index is -4.16. The van der Waals surface area contributed by atoms with Crippen molar-refractivity contribution >= 4 is 16.2 Å². The summed E-state index contributed by atoms with van der Waals surface area (Å²) in [4.78, 5) is 6.45. The first-order valence-corrected chi connectivity index (χ1v) is 5.65. The lowest BCUT2D eigenvalue weighted by atomic mass is 10.4. The summed E-state index contributed by atoms with van der Waals surface area (Å²) in [5.74, 6) is 1.17. The molecule has 15 heavy (non-hydrogen) atoms. The van der Waals surface area contributed by atoms with Gasteiger partial charge in [-0.15, -0.1) is 6.58 Å². The predicted molar refractivity (Wildman–Crippen MR) is 58.3 cm³/mol. The summed E-state index contributed by atoms with van der Waals surface area (Å²) >= 11 is 0. The zero-order chi connectivity index (χ0) is 11.9. The number of nitrogens with zero attached hydrogens (tertiary/aromatic N) is 2. The van der Waals surface area contributed by atoms with Crippen LogP contribution in [0.4, 0.5) is 0 Å². The maximum absolute atomic E-state index is 9.33. The third-order valence-corrected chi connectivity index (χ3v) is 2.13. The average Bonchev–Trinajstić information content (AvgIpc) is 2.53. The first kappa shape index (κ1) is 14.1. The van der Waals surface area contributed by atoms with Gasteiger partial charge in [0.05, 0.1) is 13.7 Å². The van der Waals surface area contributed by atoms with Crippen LogP contribution in [0.15, 0.2) is 17.6 Å². The van der Waals surface area contributed by atoms with Crippen molar-refractivity contribution in [2.24, 2.45) is 4.99 Å². The Labute approximate surface area is 90.2 Å². The third-order valence-electron chi connectivity index (χ3n) is 1.71. The van der Waals surface area contributed by atoms with Crippen LogP contribution in [0, 0.1) is 0 Å². The summed E-state index contributed by atoms with van der Waals surface area (Å²) in [6.07, 6.45) is 2.80. The summed E-state index contributed by atoms with van der Waals surface area (Å²) in [7, 11) is -1.23. The van der Waals surface area contributed by atoms with Crippen LogP contribution in [0.1, 0.15) is 6.42 Å². The first-order chi connectivity index (χ1) is 6.90. The van der Waals surface area contributed by atoms with Crippen LogP contribution in [0.5, 0.6) is 0 Å². The molecule has 1 N–H and O–H groups in total. The standard InChI is InChI=1S/C7H12N2.CH4O4S/c1-3-4-7-8-5-6-9(7)2;1-5-6(2,3)4/h3H,1,4-6H2,2H3;1H3,(H,2,3,4). The lowest BCUT2D eigenvalue weighted by Crippen LogP contribution is -2.21. The molecule has 0 aliphatic carbocycles. The van der Waals surface area contributed by atoms with E-state index in [0.717, 1.165) is 26.6 Å². The SMILES string of the molecule is C=CCC1=NCCN1C.COS(=O)(=O)O. The average molecular weight is 236 g/mol. The molecular formula is C8H16N2O4S. The van der Waals surface area contributed by atoms with Gasteiger partial charge in [-0.25, -0.2) is 0 Å². The molecule has 0 spiro atoms. The maximum atomic E-state index is 9.33. The minimum absolute atomic E-state index is 0.870. The molecule has 7 heteroatoms. The van der Waals surface area contributed by atoms with Gasteiger partial charge in [0.1, 0.15) is 5.84 Å². The zero-order valence-electron chi connectivity index (χ0n) is 8.88. The van der Waals surface area contributed by atoms with Crippen molar-refractivity contribution in [1.29, 1.82) is 0 Å². The molecule has 1 aliphatic heterocycles. The molecule has 0 fully saturated rings. The lowest BCUT2D eigenvalue weighted by molar-refractivity contribution is 0.324. The molecule has 1 aliphatic rings. The van der Waals surface area contributed by atoms with Gasteiger partial charge >= 0.3 is 10.4 Å². The van der Waals surface area contributed by atoms with Crippen LogP contribution >= 0.6 is 0 Å². The number of likely N-dealkylation sites (N-methyl/N-ethyl adjacent to an activating group) is 1. The highest BCUT2D eigenvalue weighted by atomic mass is 32.3. The zero-order valence-corrected chi connectivity index (χ0v) is 9.70. The molecule has 0 aromatic heterocycles. The Bertz CT molecular complexity index is 324. The van der Waals surface area contributed by atoms with Crippen LogP contribution in [0.2, 0.25) is 0 Å². The highest BCUT2D eigenvalue weighted by Gasteiger charge is 2.08. The Kier molecular flexibility index (Phi) is 6.14. The van der Waals surface area contributed by atoms with Crippen LogP contribution < -0.4 is 0 Å². The number of amidine groups is 1. The van der Waals surface area contributed by atoms with Crippen molar-refractivity contribution in [1.82, 2.24) is 4.90 Å². The molecule has 6 nitrogen and oxygen atoms in total. The van der Waals surface area contributed by atoms with E-state index in [0.29, 0.717) is 0 Å². The minimum Gasteiger partial charge on any atom is -0.361 e. The molecule has 0 saturated heterocycles. The van der Waals surface area contributed by atoms with E-state index in [-0.39, 0.29) is 0 Å². The van der Waals surface area contributed by atoms with Crippen LogP contribution in [-0.4, -0.2) is 51.0 Å². The van der Waals surface area contributed by atoms with Gasteiger partial charge in [0.15, 0.2) is 0 Å². The van der Waals surface area contributed by atoms with Crippen molar-refractivity contribution in [2.75, 3.05) is 27.2 Å². The molecule has 88 valence electrons. The third kappa shape index (κ3) is 7.06. The van der Waals surface area contributed by atoms with E-state index in [9.17, 15) is 8.42 Å². The summed E-state index contributed by atoms with van der Waals surface area (Å²) < 4.78 is 29.7. The Morgan fingerprint density at radius 3 is 2.53 bits per heavy atom. The highest BCUT2D eigenvalue weighted by molar-refractivity contribution is 7.80. The largest absolute Gasteiger partial charge is 0.397 e. The van der Waals surface area contributed by atoms with Gasteiger partial charge in [-0.3, -0.25) is 13.7 Å². The van der Waals surface area contributed by atoms with Gasteiger partial charge in [0.2, 0.25) is 0 Å². The fraction of sp³-hybridized carbons (Fsp3) is 0.625. The molecule has 0 saturated carbocycles. The Balaban J connectivity index is 0.000000288. The van der Waals surface area contributed by atoms with Crippen molar-refractivity contribution in [2.45, 2.75) is 6.42 Å². The van der Waals surface area contributed by atoms with Gasteiger partial charge in [-0.1, -0.05) is 6.08 Å². The Hall–Kier alpha value is -0.920. The van der Waals surface area contributed by atoms with Gasteiger partial charge in [-0.05, 0) is 0 Å². The quantitative estimate of drug-likeness (QED) is 0.564. The summed E-state index contributed by atoms with van der Waals surface area (Å²) in [6, 6.07) is 0. The summed E-state index contributed by atoms with van der Waals surface area (Å²) in [6.45, 7) is 5.68. The fourth-order valence-electron chi connectivity index (χ4n) is 0.928. The molecule has 0 aromatic rings. The fourth-order valence-corrected chi connectivity index (χ4v) is 0.928. The monoisotopic (exact) mass is 236 g/mol. The Morgan fingerprint density at radius 2 is 2.27 bits per heavy atom. The molecule has 0 unspecified atom stereocenters.